The highest BCUT2D eigenvalue weighted by Gasteiger charge is 2.07. The highest BCUT2D eigenvalue weighted by Crippen LogP contribution is 2.03. The number of anilines is 1. The summed E-state index contributed by atoms with van der Waals surface area (Å²) in [7, 11) is -4.08. The van der Waals surface area contributed by atoms with Crippen LogP contribution >= 0.6 is 0 Å². The van der Waals surface area contributed by atoms with Gasteiger partial charge in [-0.25, -0.2) is 0 Å². The van der Waals surface area contributed by atoms with E-state index in [1.807, 2.05) is 18.2 Å². The lowest BCUT2D eigenvalue weighted by atomic mass is 10.3. The Balaban J connectivity index is 2.22. The van der Waals surface area contributed by atoms with Crippen molar-refractivity contribution in [2.45, 2.75) is 0 Å². The molecule has 6 nitrogen and oxygen atoms in total. The Morgan fingerprint density at radius 3 is 2.53 bits per heavy atom. The summed E-state index contributed by atoms with van der Waals surface area (Å²) in [5.41, 5.74) is 0.763. The average molecular weight is 259 g/mol. The fourth-order valence-corrected chi connectivity index (χ4v) is 1.34. The van der Waals surface area contributed by atoms with E-state index in [1.165, 1.54) is 0 Å². The van der Waals surface area contributed by atoms with Crippen molar-refractivity contribution in [2.75, 3.05) is 24.2 Å². The summed E-state index contributed by atoms with van der Waals surface area (Å²) < 4.78 is 33.7. The Morgan fingerprint density at radius 2 is 1.94 bits per heavy atom. The van der Waals surface area contributed by atoms with Crippen LogP contribution in [0.5, 0.6) is 0 Å². The van der Waals surface area contributed by atoms with Gasteiger partial charge in [-0.3, -0.25) is 9.35 Å². The first kappa shape index (κ1) is 13.5. The summed E-state index contributed by atoms with van der Waals surface area (Å²) in [5.74, 6) is -1.18. The van der Waals surface area contributed by atoms with Crippen LogP contribution in [0.25, 0.3) is 0 Å². The Morgan fingerprint density at radius 1 is 1.29 bits per heavy atom. The van der Waals surface area contributed by atoms with Crippen molar-refractivity contribution in [1.82, 2.24) is 0 Å². The molecule has 0 saturated heterocycles. The predicted molar refractivity (Wildman–Crippen MR) is 62.3 cm³/mol. The van der Waals surface area contributed by atoms with E-state index in [4.69, 9.17) is 4.55 Å². The van der Waals surface area contributed by atoms with Gasteiger partial charge in [-0.1, -0.05) is 18.2 Å². The Labute approximate surface area is 99.3 Å². The van der Waals surface area contributed by atoms with Crippen LogP contribution in [0, 0.1) is 0 Å². The summed E-state index contributed by atoms with van der Waals surface area (Å²) in [5, 5.41) is 2.81. The number of esters is 1. The number of ether oxygens (including phenoxy) is 1. The Hall–Kier alpha value is -1.60. The van der Waals surface area contributed by atoms with Crippen LogP contribution in [0.1, 0.15) is 0 Å². The van der Waals surface area contributed by atoms with Gasteiger partial charge in [0.2, 0.25) is 0 Å². The number of hydrogen-bond donors (Lipinski definition) is 2. The molecule has 0 aliphatic carbocycles. The summed E-state index contributed by atoms with van der Waals surface area (Å²) in [6.07, 6.45) is 0. The molecule has 0 spiro atoms. The molecule has 0 fully saturated rings. The van der Waals surface area contributed by atoms with Gasteiger partial charge in [0.25, 0.3) is 10.1 Å². The van der Waals surface area contributed by atoms with Crippen LogP contribution in [0.3, 0.4) is 0 Å². The molecule has 0 radical (unpaired) electrons. The second-order valence-corrected chi connectivity index (χ2v) is 4.80. The van der Waals surface area contributed by atoms with Gasteiger partial charge < -0.3 is 10.1 Å². The zero-order valence-corrected chi connectivity index (χ0v) is 9.81. The number of rotatable bonds is 6. The van der Waals surface area contributed by atoms with Crippen LogP contribution in [0.15, 0.2) is 30.3 Å². The molecule has 0 aliphatic rings. The lowest BCUT2D eigenvalue weighted by Crippen LogP contribution is -2.20. The number of hydrogen-bond acceptors (Lipinski definition) is 5. The summed E-state index contributed by atoms with van der Waals surface area (Å²) in [6, 6.07) is 9.03. The number of nitrogens with one attached hydrogen (secondary N) is 1. The monoisotopic (exact) mass is 259 g/mol. The smallest absolute Gasteiger partial charge is 0.325 e. The van der Waals surface area contributed by atoms with Crippen molar-refractivity contribution in [3.05, 3.63) is 30.3 Å². The van der Waals surface area contributed by atoms with Crippen LogP contribution in [-0.2, 0) is 19.6 Å². The molecule has 17 heavy (non-hydrogen) atoms. The third-order valence-corrected chi connectivity index (χ3v) is 2.50. The Kier molecular flexibility index (Phi) is 4.92. The van der Waals surface area contributed by atoms with Crippen LogP contribution in [0.4, 0.5) is 5.69 Å². The molecule has 1 rings (SSSR count). The van der Waals surface area contributed by atoms with Crippen LogP contribution in [0.2, 0.25) is 0 Å². The molecule has 94 valence electrons. The van der Waals surface area contributed by atoms with Gasteiger partial charge in [-0.15, -0.1) is 0 Å². The lowest BCUT2D eigenvalue weighted by molar-refractivity contribution is -0.140. The van der Waals surface area contributed by atoms with E-state index in [0.29, 0.717) is 0 Å². The second-order valence-electron chi connectivity index (χ2n) is 3.23. The molecular formula is C10H13NO5S. The predicted octanol–water partition coefficient (Wildman–Crippen LogP) is 0.530. The normalized spacial score (nSPS) is 10.9. The standard InChI is InChI=1S/C10H13NO5S/c12-10(16-6-7-17(13,14)15)8-11-9-4-2-1-3-5-9/h1-5,11H,6-8H2,(H,13,14,15). The maximum atomic E-state index is 11.1. The highest BCUT2D eigenvalue weighted by atomic mass is 32.2. The molecule has 0 unspecified atom stereocenters. The average Bonchev–Trinajstić information content (AvgIpc) is 2.26. The van der Waals surface area contributed by atoms with Crippen molar-refractivity contribution in [2.24, 2.45) is 0 Å². The molecule has 0 bridgehead atoms. The molecule has 2 N–H and O–H groups in total. The zero-order chi connectivity index (χ0) is 12.7. The van der Waals surface area contributed by atoms with E-state index in [9.17, 15) is 13.2 Å². The first-order valence-corrected chi connectivity index (χ1v) is 6.48. The van der Waals surface area contributed by atoms with E-state index in [2.05, 4.69) is 10.1 Å². The molecule has 0 amide bonds. The molecule has 1 aromatic carbocycles. The minimum atomic E-state index is -4.08. The van der Waals surface area contributed by atoms with Gasteiger partial charge in [0.15, 0.2) is 0 Å². The van der Waals surface area contributed by atoms with Crippen LogP contribution in [-0.4, -0.2) is 37.8 Å². The van der Waals surface area contributed by atoms with E-state index in [1.54, 1.807) is 12.1 Å². The number of carbonyl (C=O) groups excluding carboxylic acids is 1. The van der Waals surface area contributed by atoms with Crippen molar-refractivity contribution in [1.29, 1.82) is 0 Å². The topological polar surface area (TPSA) is 92.7 Å². The van der Waals surface area contributed by atoms with Gasteiger partial charge in [0, 0.05) is 5.69 Å². The minimum absolute atomic E-state index is 0.0600. The molecule has 0 heterocycles. The zero-order valence-electron chi connectivity index (χ0n) is 9.00. The van der Waals surface area contributed by atoms with Gasteiger partial charge in [-0.05, 0) is 12.1 Å². The van der Waals surface area contributed by atoms with Gasteiger partial charge in [-0.2, -0.15) is 8.42 Å². The van der Waals surface area contributed by atoms with Crippen LogP contribution < -0.4 is 5.32 Å². The number of para-hydroxylation sites is 1. The minimum Gasteiger partial charge on any atom is -0.463 e. The van der Waals surface area contributed by atoms with E-state index in [-0.39, 0.29) is 13.2 Å². The molecule has 7 heteroatoms. The summed E-state index contributed by atoms with van der Waals surface area (Å²) in [4.78, 5) is 11.1. The molecule has 0 saturated carbocycles. The summed E-state index contributed by atoms with van der Waals surface area (Å²) in [6.45, 7) is -0.413. The largest absolute Gasteiger partial charge is 0.463 e. The van der Waals surface area contributed by atoms with Crippen molar-refractivity contribution in [3.63, 3.8) is 0 Å². The number of benzene rings is 1. The molecular weight excluding hydrogens is 246 g/mol. The highest BCUT2D eigenvalue weighted by molar-refractivity contribution is 7.85. The van der Waals surface area contributed by atoms with Crippen molar-refractivity contribution < 1.29 is 22.5 Å². The molecule has 0 aliphatic heterocycles. The molecule has 0 aromatic heterocycles. The fourth-order valence-electron chi connectivity index (χ4n) is 1.04. The number of carbonyl (C=O) groups is 1. The van der Waals surface area contributed by atoms with E-state index >= 15 is 0 Å². The third-order valence-electron chi connectivity index (χ3n) is 1.81. The van der Waals surface area contributed by atoms with Crippen molar-refractivity contribution in [3.8, 4) is 0 Å². The maximum Gasteiger partial charge on any atom is 0.325 e. The SMILES string of the molecule is O=C(CNc1ccccc1)OCCS(=O)(=O)O. The first-order valence-electron chi connectivity index (χ1n) is 4.87. The Bertz CT molecular complexity index is 457. The van der Waals surface area contributed by atoms with Crippen molar-refractivity contribution >= 4 is 21.8 Å². The van der Waals surface area contributed by atoms with Gasteiger partial charge in [0.05, 0.1) is 0 Å². The van der Waals surface area contributed by atoms with E-state index in [0.717, 1.165) is 5.69 Å². The summed E-state index contributed by atoms with van der Waals surface area (Å²) >= 11 is 0. The van der Waals surface area contributed by atoms with E-state index < -0.39 is 21.8 Å². The van der Waals surface area contributed by atoms with Gasteiger partial charge >= 0.3 is 5.97 Å². The quantitative estimate of drug-likeness (QED) is 0.572. The lowest BCUT2D eigenvalue weighted by Gasteiger charge is -2.06. The third kappa shape index (κ3) is 6.54. The van der Waals surface area contributed by atoms with Gasteiger partial charge in [0.1, 0.15) is 18.9 Å². The maximum absolute atomic E-state index is 11.1. The fraction of sp³-hybridized carbons (Fsp3) is 0.300. The molecule has 0 atom stereocenters. The molecule has 1 aromatic rings. The first-order chi connectivity index (χ1) is 7.97. The second kappa shape index (κ2) is 6.21.